The molecule has 2 aromatic carbocycles. The summed E-state index contributed by atoms with van der Waals surface area (Å²) in [5, 5.41) is 16.2. The van der Waals surface area contributed by atoms with E-state index in [0.717, 1.165) is 18.2 Å². The molecule has 180 valence electrons. The largest absolute Gasteiger partial charge is 0.486 e. The van der Waals surface area contributed by atoms with Crippen molar-refractivity contribution < 1.29 is 46.9 Å². The smallest absolute Gasteiger partial charge is 0.416 e. The summed E-state index contributed by atoms with van der Waals surface area (Å²) in [5.41, 5.74) is 0.234. The summed E-state index contributed by atoms with van der Waals surface area (Å²) in [6.07, 6.45) is -3.57. The van der Waals surface area contributed by atoms with Gasteiger partial charge in [0.25, 0.3) is 0 Å². The number of rotatable bonds is 8. The second-order valence-corrected chi connectivity index (χ2v) is 6.59. The van der Waals surface area contributed by atoms with Gasteiger partial charge in [0.15, 0.2) is 12.4 Å². The zero-order valence-corrected chi connectivity index (χ0v) is 17.8. The second-order valence-electron chi connectivity index (χ2n) is 6.59. The highest BCUT2D eigenvalue weighted by Crippen LogP contribution is 2.31. The Morgan fingerprint density at radius 2 is 1.56 bits per heavy atom. The Balaban J connectivity index is 0.000000739. The Labute approximate surface area is 191 Å². The number of aliphatic carboxylic acids is 2. The summed E-state index contributed by atoms with van der Waals surface area (Å²) in [5.74, 6) is -0.530. The predicted molar refractivity (Wildman–Crippen MR) is 113 cm³/mol. The van der Waals surface area contributed by atoms with Gasteiger partial charge in [-0.2, -0.15) is 13.2 Å². The highest BCUT2D eigenvalue weighted by Gasteiger charge is 2.30. The number of carbonyl (C=O) groups is 2. The Bertz CT molecular complexity index is 1120. The summed E-state index contributed by atoms with van der Waals surface area (Å²) in [7, 11) is 0. The van der Waals surface area contributed by atoms with Crippen LogP contribution in [0.3, 0.4) is 0 Å². The highest BCUT2D eigenvalue weighted by molar-refractivity contribution is 5.78. The first kappa shape index (κ1) is 26.0. The molecule has 0 bridgehead atoms. The van der Waals surface area contributed by atoms with Gasteiger partial charge in [0.1, 0.15) is 18.1 Å². The minimum atomic E-state index is -4.40. The second kappa shape index (κ2) is 11.5. The van der Waals surface area contributed by atoms with E-state index < -0.39 is 30.3 Å². The predicted octanol–water partition coefficient (Wildman–Crippen LogP) is 4.97. The monoisotopic (exact) mass is 479 g/mol. The molecule has 11 heteroatoms. The lowest BCUT2D eigenvalue weighted by Crippen LogP contribution is -2.09. The van der Waals surface area contributed by atoms with Gasteiger partial charge in [-0.05, 0) is 55.5 Å². The molecule has 0 amide bonds. The number of hydrogen-bond acceptors (Lipinski definition) is 6. The minimum absolute atomic E-state index is 0.0643. The molecular formula is C23H20F3NO7. The molecule has 3 aromatic rings. The molecule has 0 spiro atoms. The first-order valence-electron chi connectivity index (χ1n) is 9.56. The summed E-state index contributed by atoms with van der Waals surface area (Å²) in [6.45, 7) is 4.29. The lowest BCUT2D eigenvalue weighted by molar-refractivity contribution is -0.139. The van der Waals surface area contributed by atoms with Crippen LogP contribution >= 0.6 is 0 Å². The quantitative estimate of drug-likeness (QED) is 0.435. The van der Waals surface area contributed by atoms with Crippen LogP contribution in [0.15, 0.2) is 65.6 Å². The van der Waals surface area contributed by atoms with Crippen LogP contribution in [0.4, 0.5) is 13.2 Å². The van der Waals surface area contributed by atoms with Crippen molar-refractivity contribution in [1.29, 1.82) is 0 Å². The number of alkyl halides is 3. The molecule has 0 aliphatic rings. The Morgan fingerprint density at radius 3 is 2.03 bits per heavy atom. The van der Waals surface area contributed by atoms with Gasteiger partial charge in [-0.25, -0.2) is 14.6 Å². The molecule has 2 N–H and O–H groups in total. The van der Waals surface area contributed by atoms with Crippen LogP contribution in [0.25, 0.3) is 11.5 Å². The molecule has 8 nitrogen and oxygen atoms in total. The number of carboxylic acid groups (broad SMARTS) is 2. The fraction of sp³-hybridized carbons (Fsp3) is 0.174. The number of benzene rings is 2. The van der Waals surface area contributed by atoms with Crippen molar-refractivity contribution in [3.63, 3.8) is 0 Å². The van der Waals surface area contributed by atoms with Crippen molar-refractivity contribution in [2.45, 2.75) is 19.7 Å². The lowest BCUT2D eigenvalue weighted by Gasteiger charge is -2.07. The highest BCUT2D eigenvalue weighted by atomic mass is 19.4. The zero-order valence-electron chi connectivity index (χ0n) is 17.8. The van der Waals surface area contributed by atoms with Crippen LogP contribution in [0.5, 0.6) is 11.5 Å². The van der Waals surface area contributed by atoms with E-state index in [1.807, 2.05) is 0 Å². The maximum absolute atomic E-state index is 12.7. The van der Waals surface area contributed by atoms with Crippen LogP contribution in [-0.2, 0) is 22.4 Å². The minimum Gasteiger partial charge on any atom is -0.486 e. The van der Waals surface area contributed by atoms with Gasteiger partial charge in [-0.3, -0.25) is 0 Å². The SMILES string of the molecule is C=CC(=O)O.Cc1nc(-c2ccc(C(F)(F)F)cc2)oc1COc1ccc(OCC(=O)O)cc1. The van der Waals surface area contributed by atoms with Crippen molar-refractivity contribution in [2.24, 2.45) is 0 Å². The number of carboxylic acids is 2. The summed E-state index contributed by atoms with van der Waals surface area (Å²) >= 11 is 0. The van der Waals surface area contributed by atoms with Gasteiger partial charge in [0.05, 0.1) is 11.3 Å². The van der Waals surface area contributed by atoms with Crippen molar-refractivity contribution in [3.8, 4) is 23.0 Å². The van der Waals surface area contributed by atoms with Crippen LogP contribution in [0.2, 0.25) is 0 Å². The number of aromatic nitrogens is 1. The third kappa shape index (κ3) is 8.01. The van der Waals surface area contributed by atoms with Gasteiger partial charge in [-0.15, -0.1) is 0 Å². The molecule has 0 saturated carbocycles. The normalized spacial score (nSPS) is 10.6. The topological polar surface area (TPSA) is 119 Å². The van der Waals surface area contributed by atoms with Crippen LogP contribution in [0, 0.1) is 6.92 Å². The Hall–Kier alpha value is -4.28. The van der Waals surface area contributed by atoms with Crippen LogP contribution in [0.1, 0.15) is 17.0 Å². The van der Waals surface area contributed by atoms with E-state index in [2.05, 4.69) is 11.6 Å². The van der Waals surface area contributed by atoms with E-state index >= 15 is 0 Å². The average Bonchev–Trinajstić information content (AvgIpc) is 3.17. The van der Waals surface area contributed by atoms with E-state index in [9.17, 15) is 22.8 Å². The molecule has 34 heavy (non-hydrogen) atoms. The third-order valence-corrected chi connectivity index (χ3v) is 4.08. The molecule has 3 rings (SSSR count). The molecule has 1 heterocycles. The number of ether oxygens (including phenoxy) is 2. The van der Waals surface area contributed by atoms with Crippen molar-refractivity contribution in [2.75, 3.05) is 6.61 Å². The first-order chi connectivity index (χ1) is 16.0. The van der Waals surface area contributed by atoms with Gasteiger partial charge >= 0.3 is 18.1 Å². The number of halogens is 3. The van der Waals surface area contributed by atoms with E-state index in [0.29, 0.717) is 28.5 Å². The van der Waals surface area contributed by atoms with Gasteiger partial charge in [0.2, 0.25) is 5.89 Å². The van der Waals surface area contributed by atoms with Crippen molar-refractivity contribution in [1.82, 2.24) is 4.98 Å². The molecule has 0 aliphatic heterocycles. The summed E-state index contributed by atoms with van der Waals surface area (Å²) < 4.78 is 54.3. The number of aryl methyl sites for hydroxylation is 1. The van der Waals surface area contributed by atoms with Crippen molar-refractivity contribution >= 4 is 11.9 Å². The molecule has 0 unspecified atom stereocenters. The molecular weight excluding hydrogens is 459 g/mol. The Kier molecular flexibility index (Phi) is 8.82. The first-order valence-corrected chi connectivity index (χ1v) is 9.56. The van der Waals surface area contributed by atoms with E-state index in [1.165, 1.54) is 12.1 Å². The fourth-order valence-corrected chi connectivity index (χ4v) is 2.41. The average molecular weight is 479 g/mol. The van der Waals surface area contributed by atoms with Crippen molar-refractivity contribution in [3.05, 3.63) is 78.2 Å². The third-order valence-electron chi connectivity index (χ3n) is 4.08. The number of hydrogen-bond donors (Lipinski definition) is 2. The molecule has 0 atom stereocenters. The molecule has 0 saturated heterocycles. The van der Waals surface area contributed by atoms with Crippen LogP contribution in [-0.4, -0.2) is 33.7 Å². The Morgan fingerprint density at radius 1 is 1.03 bits per heavy atom. The maximum atomic E-state index is 12.7. The standard InChI is InChI=1S/C20H16F3NO5.C3H4O2/c1-12-17(10-27-15-6-8-16(9-7-15)28-11-18(25)26)29-19(24-12)13-2-4-14(5-3-13)20(21,22)23;1-2-3(4)5/h2-9H,10-11H2,1H3,(H,25,26);2H,1H2,(H,4,5). The number of oxazole rings is 1. The molecule has 0 radical (unpaired) electrons. The van der Waals surface area contributed by atoms with E-state index in [4.69, 9.17) is 24.1 Å². The number of nitrogens with zero attached hydrogens (tertiary/aromatic N) is 1. The zero-order chi connectivity index (χ0) is 25.3. The molecule has 0 aliphatic carbocycles. The summed E-state index contributed by atoms with van der Waals surface area (Å²) in [4.78, 5) is 24.0. The van der Waals surface area contributed by atoms with E-state index in [1.54, 1.807) is 31.2 Å². The summed E-state index contributed by atoms with van der Waals surface area (Å²) in [6, 6.07) is 10.9. The fourth-order valence-electron chi connectivity index (χ4n) is 2.41. The van der Waals surface area contributed by atoms with Gasteiger partial charge in [-0.1, -0.05) is 6.58 Å². The molecule has 0 fully saturated rings. The van der Waals surface area contributed by atoms with Crippen LogP contribution < -0.4 is 9.47 Å². The van der Waals surface area contributed by atoms with Gasteiger partial charge in [0, 0.05) is 11.6 Å². The maximum Gasteiger partial charge on any atom is 0.416 e. The molecule has 1 aromatic heterocycles. The lowest BCUT2D eigenvalue weighted by atomic mass is 10.1. The van der Waals surface area contributed by atoms with Gasteiger partial charge < -0.3 is 24.1 Å². The van der Waals surface area contributed by atoms with E-state index in [-0.39, 0.29) is 12.5 Å².